The third kappa shape index (κ3) is 3.67. The van der Waals surface area contributed by atoms with E-state index < -0.39 is 0 Å². The summed E-state index contributed by atoms with van der Waals surface area (Å²) in [6, 6.07) is 14.3. The highest BCUT2D eigenvalue weighted by molar-refractivity contribution is 5.94. The molecule has 0 bridgehead atoms. The van der Waals surface area contributed by atoms with Gasteiger partial charge in [0.05, 0.1) is 19.0 Å². The molecule has 27 heavy (non-hydrogen) atoms. The van der Waals surface area contributed by atoms with Gasteiger partial charge in [-0.1, -0.05) is 30.3 Å². The highest BCUT2D eigenvalue weighted by Gasteiger charge is 2.26. The number of nitriles is 1. The minimum Gasteiger partial charge on any atom is -0.326 e. The van der Waals surface area contributed by atoms with Crippen molar-refractivity contribution < 1.29 is 4.79 Å². The van der Waals surface area contributed by atoms with Crippen molar-refractivity contribution in [3.8, 4) is 17.3 Å². The molecule has 1 fully saturated rings. The first-order valence-corrected chi connectivity index (χ1v) is 9.49. The van der Waals surface area contributed by atoms with Crippen molar-refractivity contribution in [1.82, 2.24) is 9.80 Å². The number of piperidine rings is 1. The van der Waals surface area contributed by atoms with Gasteiger partial charge >= 0.3 is 0 Å². The number of hydrogen-bond acceptors (Lipinski definition) is 4. The van der Waals surface area contributed by atoms with E-state index in [1.54, 1.807) is 4.90 Å². The van der Waals surface area contributed by atoms with E-state index in [4.69, 9.17) is 0 Å². The van der Waals surface area contributed by atoms with Gasteiger partial charge < -0.3 is 15.1 Å². The number of nitrogens with zero attached hydrogens (tertiary/aromatic N) is 3. The minimum atomic E-state index is 0.0350. The van der Waals surface area contributed by atoms with Crippen molar-refractivity contribution in [3.63, 3.8) is 0 Å². The fourth-order valence-corrected chi connectivity index (χ4v) is 4.16. The summed E-state index contributed by atoms with van der Waals surface area (Å²) in [5.41, 5.74) is 5.33. The third-order valence-corrected chi connectivity index (χ3v) is 5.54. The van der Waals surface area contributed by atoms with Gasteiger partial charge in [-0.05, 0) is 60.8 Å². The first-order valence-electron chi connectivity index (χ1n) is 9.49. The molecular formula is C22H24N4O. The lowest BCUT2D eigenvalue weighted by Crippen LogP contribution is -2.38. The van der Waals surface area contributed by atoms with Gasteiger partial charge in [-0.3, -0.25) is 4.79 Å². The van der Waals surface area contributed by atoms with Crippen molar-refractivity contribution in [2.24, 2.45) is 5.92 Å². The van der Waals surface area contributed by atoms with Gasteiger partial charge in [0, 0.05) is 12.2 Å². The van der Waals surface area contributed by atoms with E-state index in [9.17, 15) is 10.1 Å². The molecule has 1 atom stereocenters. The monoisotopic (exact) mass is 360 g/mol. The van der Waals surface area contributed by atoms with Crippen LogP contribution in [-0.4, -0.2) is 35.8 Å². The maximum absolute atomic E-state index is 12.8. The summed E-state index contributed by atoms with van der Waals surface area (Å²) < 4.78 is 0. The molecule has 1 saturated heterocycles. The van der Waals surface area contributed by atoms with Gasteiger partial charge in [0.25, 0.3) is 0 Å². The lowest BCUT2D eigenvalue weighted by molar-refractivity contribution is -0.121. The maximum Gasteiger partial charge on any atom is 0.228 e. The number of carbonyl (C=O) groups is 1. The second-order valence-corrected chi connectivity index (χ2v) is 7.57. The van der Waals surface area contributed by atoms with Gasteiger partial charge in [0.15, 0.2) is 6.19 Å². The SMILES string of the molecule is CN1CCCC(C(=O)Nc2cc3c(c(-c4ccccc4)c2)CN(C#N)C3)C1. The van der Waals surface area contributed by atoms with Gasteiger partial charge in [0.2, 0.25) is 5.91 Å². The van der Waals surface area contributed by atoms with Gasteiger partial charge in [-0.2, -0.15) is 5.26 Å². The summed E-state index contributed by atoms with van der Waals surface area (Å²) in [6.07, 6.45) is 4.25. The predicted octanol–water partition coefficient (Wildman–Crippen LogP) is 3.43. The number of benzene rings is 2. The Labute approximate surface area is 160 Å². The van der Waals surface area contributed by atoms with Gasteiger partial charge in [0.1, 0.15) is 0 Å². The Kier molecular flexibility index (Phi) is 4.83. The molecule has 0 aliphatic carbocycles. The zero-order valence-electron chi connectivity index (χ0n) is 15.6. The molecule has 0 aromatic heterocycles. The van der Waals surface area contributed by atoms with Crippen LogP contribution >= 0.6 is 0 Å². The number of rotatable bonds is 3. The van der Waals surface area contributed by atoms with E-state index in [1.807, 2.05) is 24.3 Å². The number of carbonyl (C=O) groups excluding carboxylic acids is 1. The molecule has 1 amide bonds. The van der Waals surface area contributed by atoms with Crippen LogP contribution in [0.25, 0.3) is 11.1 Å². The second-order valence-electron chi connectivity index (χ2n) is 7.57. The molecule has 1 N–H and O–H groups in total. The van der Waals surface area contributed by atoms with Crippen LogP contribution in [0, 0.1) is 17.4 Å². The molecule has 4 rings (SSSR count). The Morgan fingerprint density at radius 1 is 1.22 bits per heavy atom. The van der Waals surface area contributed by atoms with Crippen LogP contribution in [0.5, 0.6) is 0 Å². The first-order chi connectivity index (χ1) is 13.1. The summed E-state index contributed by atoms with van der Waals surface area (Å²) >= 11 is 0. The summed E-state index contributed by atoms with van der Waals surface area (Å²) in [4.78, 5) is 16.7. The molecule has 2 aromatic carbocycles. The normalized spacial score (nSPS) is 19.4. The van der Waals surface area contributed by atoms with Gasteiger partial charge in [-0.15, -0.1) is 0 Å². The van der Waals surface area contributed by atoms with Crippen molar-refractivity contribution in [2.75, 3.05) is 25.5 Å². The number of fused-ring (bicyclic) bond motifs is 1. The third-order valence-electron chi connectivity index (χ3n) is 5.54. The summed E-state index contributed by atoms with van der Waals surface area (Å²) in [5, 5.41) is 12.4. The summed E-state index contributed by atoms with van der Waals surface area (Å²) in [6.45, 7) is 3.09. The largest absolute Gasteiger partial charge is 0.326 e. The van der Waals surface area contributed by atoms with Crippen molar-refractivity contribution in [3.05, 3.63) is 53.6 Å². The number of nitrogens with one attached hydrogen (secondary N) is 1. The van der Waals surface area contributed by atoms with Crippen LogP contribution in [0.3, 0.4) is 0 Å². The molecule has 5 heteroatoms. The quantitative estimate of drug-likeness (QED) is 0.852. The molecule has 0 saturated carbocycles. The van der Waals surface area contributed by atoms with E-state index in [-0.39, 0.29) is 11.8 Å². The van der Waals surface area contributed by atoms with Crippen LogP contribution < -0.4 is 5.32 Å². The topological polar surface area (TPSA) is 59.4 Å². The van der Waals surface area contributed by atoms with Crippen LogP contribution in [0.1, 0.15) is 24.0 Å². The van der Waals surface area contributed by atoms with Crippen LogP contribution in [0.15, 0.2) is 42.5 Å². The summed E-state index contributed by atoms with van der Waals surface area (Å²) in [5.74, 6) is 0.128. The Bertz CT molecular complexity index is 887. The molecule has 2 aromatic rings. The standard InChI is InChI=1S/C22H24N4O/c1-25-9-5-8-17(12-25)22(27)24-19-10-18-13-26(15-23)14-21(18)20(11-19)16-6-3-2-4-7-16/h2-4,6-7,10-11,17H,5,8-9,12-14H2,1H3,(H,24,27). The van der Waals surface area contributed by atoms with Crippen LogP contribution in [0.2, 0.25) is 0 Å². The zero-order valence-corrected chi connectivity index (χ0v) is 15.6. The predicted molar refractivity (Wildman–Crippen MR) is 106 cm³/mol. The first kappa shape index (κ1) is 17.6. The number of amides is 1. The van der Waals surface area contributed by atoms with Crippen molar-refractivity contribution in [1.29, 1.82) is 5.26 Å². The Balaban J connectivity index is 1.64. The molecule has 2 aliphatic heterocycles. The highest BCUT2D eigenvalue weighted by Crippen LogP contribution is 2.35. The Morgan fingerprint density at radius 2 is 2.04 bits per heavy atom. The Morgan fingerprint density at radius 3 is 2.78 bits per heavy atom. The van der Waals surface area contributed by atoms with Crippen LogP contribution in [0.4, 0.5) is 5.69 Å². The van der Waals surface area contributed by atoms with Gasteiger partial charge in [-0.25, -0.2) is 0 Å². The molecule has 2 heterocycles. The van der Waals surface area contributed by atoms with Crippen LogP contribution in [-0.2, 0) is 17.9 Å². The smallest absolute Gasteiger partial charge is 0.228 e. The molecular weight excluding hydrogens is 336 g/mol. The van der Waals surface area contributed by atoms with E-state index >= 15 is 0 Å². The van der Waals surface area contributed by atoms with E-state index in [1.165, 1.54) is 5.56 Å². The molecule has 5 nitrogen and oxygen atoms in total. The average Bonchev–Trinajstić information content (AvgIpc) is 3.11. The van der Waals surface area contributed by atoms with Crippen molar-refractivity contribution in [2.45, 2.75) is 25.9 Å². The molecule has 0 radical (unpaired) electrons. The number of hydrogen-bond donors (Lipinski definition) is 1. The molecule has 0 spiro atoms. The fourth-order valence-electron chi connectivity index (χ4n) is 4.16. The number of anilines is 1. The van der Waals surface area contributed by atoms with E-state index in [0.717, 1.165) is 48.3 Å². The van der Waals surface area contributed by atoms with E-state index in [0.29, 0.717) is 13.1 Å². The lowest BCUT2D eigenvalue weighted by atomic mass is 9.95. The molecule has 1 unspecified atom stereocenters. The maximum atomic E-state index is 12.8. The lowest BCUT2D eigenvalue weighted by Gasteiger charge is -2.28. The Hall–Kier alpha value is -2.84. The summed E-state index contributed by atoms with van der Waals surface area (Å²) in [7, 11) is 2.07. The fraction of sp³-hybridized carbons (Fsp3) is 0.364. The second kappa shape index (κ2) is 7.42. The molecule has 2 aliphatic rings. The van der Waals surface area contributed by atoms with Crippen molar-refractivity contribution >= 4 is 11.6 Å². The zero-order chi connectivity index (χ0) is 18.8. The number of likely N-dealkylation sites (tertiary alicyclic amines) is 1. The van der Waals surface area contributed by atoms with E-state index in [2.05, 4.69) is 41.7 Å². The minimum absolute atomic E-state index is 0.0350. The highest BCUT2D eigenvalue weighted by atomic mass is 16.1. The molecule has 138 valence electrons. The average molecular weight is 360 g/mol.